The molecule has 1 unspecified atom stereocenters. The number of rotatable bonds is 2. The van der Waals surface area contributed by atoms with E-state index in [9.17, 15) is 8.42 Å². The maximum atomic E-state index is 11.5. The number of nitrogens with one attached hydrogen (secondary N) is 1. The first-order chi connectivity index (χ1) is 7.83. The van der Waals surface area contributed by atoms with Gasteiger partial charge in [0, 0.05) is 11.8 Å². The molecule has 0 bridgehead atoms. The molecule has 0 saturated carbocycles. The van der Waals surface area contributed by atoms with Gasteiger partial charge in [-0.15, -0.1) is 0 Å². The van der Waals surface area contributed by atoms with E-state index in [-0.39, 0.29) is 10.4 Å². The third-order valence-corrected chi connectivity index (χ3v) is 4.92. The first-order valence-corrected chi connectivity index (χ1v) is 7.85. The van der Waals surface area contributed by atoms with Gasteiger partial charge >= 0.3 is 0 Å². The summed E-state index contributed by atoms with van der Waals surface area (Å²) in [5.74, 6) is 0. The zero-order chi connectivity index (χ0) is 12.7. The van der Waals surface area contributed by atoms with Gasteiger partial charge in [-0.3, -0.25) is 0 Å². The molecule has 1 saturated heterocycles. The van der Waals surface area contributed by atoms with E-state index in [2.05, 4.69) is 12.2 Å². The smallest absolute Gasteiger partial charge is 0.176 e. The maximum absolute atomic E-state index is 11.5. The van der Waals surface area contributed by atoms with Gasteiger partial charge in [0.05, 0.1) is 9.92 Å². The van der Waals surface area contributed by atoms with Crippen LogP contribution in [0, 0.1) is 0 Å². The van der Waals surface area contributed by atoms with Gasteiger partial charge in [0.2, 0.25) is 0 Å². The minimum atomic E-state index is -3.25. The molecule has 1 N–H and O–H groups in total. The maximum Gasteiger partial charge on any atom is 0.176 e. The van der Waals surface area contributed by atoms with Crippen LogP contribution in [0.4, 0.5) is 0 Å². The normalized spacial score (nSPS) is 25.1. The van der Waals surface area contributed by atoms with E-state index in [1.165, 1.54) is 6.26 Å². The molecule has 0 spiro atoms. The Hall–Kier alpha value is -0.580. The molecule has 0 radical (unpaired) electrons. The van der Waals surface area contributed by atoms with E-state index >= 15 is 0 Å². The van der Waals surface area contributed by atoms with Gasteiger partial charge in [0.25, 0.3) is 0 Å². The highest BCUT2D eigenvalue weighted by molar-refractivity contribution is 7.90. The summed E-state index contributed by atoms with van der Waals surface area (Å²) >= 11 is 6.05. The van der Waals surface area contributed by atoms with Gasteiger partial charge < -0.3 is 5.32 Å². The molecule has 17 heavy (non-hydrogen) atoms. The lowest BCUT2D eigenvalue weighted by atomic mass is 9.91. The third-order valence-electron chi connectivity index (χ3n) is 3.34. The molecule has 1 aliphatic rings. The molecule has 94 valence electrons. The van der Waals surface area contributed by atoms with Crippen molar-refractivity contribution >= 4 is 21.4 Å². The van der Waals surface area contributed by atoms with Crippen molar-refractivity contribution in [3.05, 3.63) is 28.8 Å². The fourth-order valence-corrected chi connectivity index (χ4v) is 3.62. The summed E-state index contributed by atoms with van der Waals surface area (Å²) in [5.41, 5.74) is 0.965. The van der Waals surface area contributed by atoms with Crippen LogP contribution in [0.15, 0.2) is 23.1 Å². The van der Waals surface area contributed by atoms with E-state index in [1.807, 2.05) is 6.07 Å². The van der Waals surface area contributed by atoms with Crippen LogP contribution in [0.3, 0.4) is 0 Å². The molecule has 1 heterocycles. The standard InChI is InChI=1S/C12H16ClNO2S/c1-12(6-3-7-14-12)9-4-5-11(10(13)8-9)17(2,15)16/h4-5,8,14H,3,6-7H2,1-2H3. The van der Waals surface area contributed by atoms with Crippen molar-refractivity contribution in [1.29, 1.82) is 0 Å². The summed E-state index contributed by atoms with van der Waals surface area (Å²) in [4.78, 5) is 0.199. The zero-order valence-corrected chi connectivity index (χ0v) is 11.5. The van der Waals surface area contributed by atoms with Crippen molar-refractivity contribution in [2.24, 2.45) is 0 Å². The van der Waals surface area contributed by atoms with E-state index < -0.39 is 9.84 Å². The predicted octanol–water partition coefficient (Wildman–Crippen LogP) is 2.34. The van der Waals surface area contributed by atoms with Gasteiger partial charge in [-0.05, 0) is 44.0 Å². The van der Waals surface area contributed by atoms with Crippen molar-refractivity contribution < 1.29 is 8.42 Å². The van der Waals surface area contributed by atoms with Crippen LogP contribution in [0.5, 0.6) is 0 Å². The number of hydrogen-bond donors (Lipinski definition) is 1. The van der Waals surface area contributed by atoms with Gasteiger partial charge in [-0.2, -0.15) is 0 Å². The first-order valence-electron chi connectivity index (χ1n) is 5.58. The van der Waals surface area contributed by atoms with E-state index in [0.717, 1.165) is 24.9 Å². The minimum Gasteiger partial charge on any atom is -0.308 e. The van der Waals surface area contributed by atoms with Gasteiger partial charge in [-0.1, -0.05) is 17.7 Å². The lowest BCUT2D eigenvalue weighted by Crippen LogP contribution is -2.33. The van der Waals surface area contributed by atoms with Crippen molar-refractivity contribution in [2.45, 2.75) is 30.2 Å². The highest BCUT2D eigenvalue weighted by Gasteiger charge is 2.30. The van der Waals surface area contributed by atoms with Crippen LogP contribution in [-0.2, 0) is 15.4 Å². The molecular weight excluding hydrogens is 258 g/mol. The Morgan fingerprint density at radius 3 is 2.59 bits per heavy atom. The Morgan fingerprint density at radius 1 is 1.41 bits per heavy atom. The van der Waals surface area contributed by atoms with Gasteiger partial charge in [0.1, 0.15) is 0 Å². The second-order valence-corrected chi connectivity index (χ2v) is 7.17. The SMILES string of the molecule is CC1(c2ccc(S(C)(=O)=O)c(Cl)c2)CCCN1. The Morgan fingerprint density at radius 2 is 2.12 bits per heavy atom. The second-order valence-electron chi connectivity index (χ2n) is 4.78. The molecule has 0 aromatic heterocycles. The summed E-state index contributed by atoms with van der Waals surface area (Å²) < 4.78 is 22.9. The molecule has 1 aromatic carbocycles. The van der Waals surface area contributed by atoms with Crippen LogP contribution >= 0.6 is 11.6 Å². The topological polar surface area (TPSA) is 46.2 Å². The predicted molar refractivity (Wildman–Crippen MR) is 69.2 cm³/mol. The Bertz CT molecular complexity index is 533. The average molecular weight is 274 g/mol. The van der Waals surface area contributed by atoms with E-state index in [1.54, 1.807) is 12.1 Å². The number of halogens is 1. The van der Waals surface area contributed by atoms with Crippen molar-refractivity contribution in [3.63, 3.8) is 0 Å². The van der Waals surface area contributed by atoms with Crippen LogP contribution in [-0.4, -0.2) is 21.2 Å². The summed E-state index contributed by atoms with van der Waals surface area (Å²) in [6, 6.07) is 5.20. The Labute approximate surface area is 107 Å². The molecule has 1 aromatic rings. The minimum absolute atomic E-state index is 0.0837. The number of sulfone groups is 1. The molecule has 1 fully saturated rings. The summed E-state index contributed by atoms with van der Waals surface area (Å²) in [6.07, 6.45) is 3.34. The molecule has 2 rings (SSSR count). The van der Waals surface area contributed by atoms with E-state index in [4.69, 9.17) is 11.6 Å². The lowest BCUT2D eigenvalue weighted by Gasteiger charge is -2.25. The molecule has 3 nitrogen and oxygen atoms in total. The summed E-state index contributed by atoms with van der Waals surface area (Å²) in [5, 5.41) is 3.73. The van der Waals surface area contributed by atoms with E-state index in [0.29, 0.717) is 5.02 Å². The van der Waals surface area contributed by atoms with Crippen LogP contribution < -0.4 is 5.32 Å². The van der Waals surface area contributed by atoms with Crippen LogP contribution in [0.25, 0.3) is 0 Å². The second kappa shape index (κ2) is 4.26. The van der Waals surface area contributed by atoms with Gasteiger partial charge in [-0.25, -0.2) is 8.42 Å². The Kier molecular flexibility index (Phi) is 3.23. The van der Waals surface area contributed by atoms with Crippen LogP contribution in [0.2, 0.25) is 5.02 Å². The fraction of sp³-hybridized carbons (Fsp3) is 0.500. The molecule has 1 aliphatic heterocycles. The van der Waals surface area contributed by atoms with Crippen molar-refractivity contribution in [3.8, 4) is 0 Å². The number of hydrogen-bond acceptors (Lipinski definition) is 3. The largest absolute Gasteiger partial charge is 0.308 e. The summed E-state index contributed by atoms with van der Waals surface area (Å²) in [7, 11) is -3.25. The van der Waals surface area contributed by atoms with Crippen molar-refractivity contribution in [2.75, 3.05) is 12.8 Å². The fourth-order valence-electron chi connectivity index (χ4n) is 2.29. The Balaban J connectivity index is 2.44. The quantitative estimate of drug-likeness (QED) is 0.900. The highest BCUT2D eigenvalue weighted by Crippen LogP contribution is 2.33. The zero-order valence-electron chi connectivity index (χ0n) is 9.96. The molecule has 0 aliphatic carbocycles. The lowest BCUT2D eigenvalue weighted by molar-refractivity contribution is 0.434. The first kappa shape index (κ1) is 12.9. The van der Waals surface area contributed by atoms with Gasteiger partial charge in [0.15, 0.2) is 9.84 Å². The monoisotopic (exact) mass is 273 g/mol. The molecule has 5 heteroatoms. The summed E-state index contributed by atoms with van der Waals surface area (Å²) in [6.45, 7) is 3.10. The molecular formula is C12H16ClNO2S. The highest BCUT2D eigenvalue weighted by atomic mass is 35.5. The number of benzene rings is 1. The van der Waals surface area contributed by atoms with Crippen molar-refractivity contribution in [1.82, 2.24) is 5.32 Å². The molecule has 1 atom stereocenters. The average Bonchev–Trinajstić information content (AvgIpc) is 2.64. The third kappa shape index (κ3) is 2.49. The van der Waals surface area contributed by atoms with Crippen LogP contribution in [0.1, 0.15) is 25.3 Å². The molecule has 0 amide bonds.